The summed E-state index contributed by atoms with van der Waals surface area (Å²) < 4.78 is 16.2. The fraction of sp³-hybridized carbons (Fsp3) is 0.222. The van der Waals surface area contributed by atoms with Gasteiger partial charge in [-0.15, -0.1) is 0 Å². The van der Waals surface area contributed by atoms with E-state index in [0.29, 0.717) is 28.4 Å². The molecule has 2 aromatic carbocycles. The number of Topliss-reactive ketones (excluding diaryl/α,β-unsaturated/α-hetero) is 1. The molecule has 0 radical (unpaired) electrons. The topological polar surface area (TPSA) is 98.2 Å². The van der Waals surface area contributed by atoms with Crippen molar-refractivity contribution in [2.24, 2.45) is 0 Å². The molecule has 180 valence electrons. The Balaban J connectivity index is 1.92. The van der Waals surface area contributed by atoms with Crippen LogP contribution in [-0.2, 0) is 16.1 Å². The average molecular weight is 475 g/mol. The van der Waals surface area contributed by atoms with Gasteiger partial charge in [0.2, 0.25) is 0 Å². The second kappa shape index (κ2) is 9.89. The lowest BCUT2D eigenvalue weighted by atomic mass is 9.94. The Kier molecular flexibility index (Phi) is 6.73. The molecule has 0 saturated carbocycles. The number of amides is 1. The van der Waals surface area contributed by atoms with E-state index in [-0.39, 0.29) is 17.9 Å². The van der Waals surface area contributed by atoms with Crippen LogP contribution in [0, 0.1) is 6.92 Å². The van der Waals surface area contributed by atoms with Crippen molar-refractivity contribution in [1.29, 1.82) is 0 Å². The molecular weight excluding hydrogens is 448 g/mol. The fourth-order valence-electron chi connectivity index (χ4n) is 4.28. The first-order valence-electron chi connectivity index (χ1n) is 10.9. The number of ether oxygens (including phenoxy) is 3. The molecule has 3 aromatic rings. The Morgan fingerprint density at radius 3 is 2.40 bits per heavy atom. The van der Waals surface area contributed by atoms with Gasteiger partial charge in [0.25, 0.3) is 11.7 Å². The van der Waals surface area contributed by atoms with E-state index < -0.39 is 17.7 Å². The van der Waals surface area contributed by atoms with Crippen LogP contribution in [0.25, 0.3) is 5.76 Å². The van der Waals surface area contributed by atoms with Gasteiger partial charge in [0.15, 0.2) is 0 Å². The lowest BCUT2D eigenvalue weighted by Gasteiger charge is -2.27. The minimum atomic E-state index is -0.890. The van der Waals surface area contributed by atoms with Gasteiger partial charge in [-0.25, -0.2) is 0 Å². The van der Waals surface area contributed by atoms with E-state index in [1.54, 1.807) is 62.0 Å². The fourth-order valence-corrected chi connectivity index (χ4v) is 4.28. The van der Waals surface area contributed by atoms with Crippen molar-refractivity contribution < 1.29 is 28.9 Å². The van der Waals surface area contributed by atoms with Crippen LogP contribution in [0.1, 0.15) is 28.3 Å². The number of aryl methyl sites for hydroxylation is 1. The number of aliphatic hydroxyl groups is 1. The molecule has 8 nitrogen and oxygen atoms in total. The Morgan fingerprint density at radius 2 is 1.77 bits per heavy atom. The van der Waals surface area contributed by atoms with Crippen molar-refractivity contribution in [1.82, 2.24) is 9.88 Å². The molecule has 1 fully saturated rings. The van der Waals surface area contributed by atoms with Gasteiger partial charge in [-0.05, 0) is 54.4 Å². The number of aliphatic hydroxyl groups excluding tert-OH is 1. The monoisotopic (exact) mass is 474 g/mol. The van der Waals surface area contributed by atoms with E-state index in [9.17, 15) is 14.7 Å². The zero-order valence-electron chi connectivity index (χ0n) is 19.9. The smallest absolute Gasteiger partial charge is 0.295 e. The van der Waals surface area contributed by atoms with Crippen LogP contribution in [0.3, 0.4) is 0 Å². The number of carbonyl (C=O) groups is 2. The number of aromatic nitrogens is 1. The van der Waals surface area contributed by atoms with Crippen molar-refractivity contribution in [2.45, 2.75) is 19.5 Å². The SMILES string of the molecule is COc1ccc(C2C(=C(O)c3ccc(OC)c(C)c3)C(=O)C(=O)N2Cc2cccnc2)c(OC)c1. The number of rotatable bonds is 7. The number of carbonyl (C=O) groups excluding carboxylic acids is 2. The highest BCUT2D eigenvalue weighted by molar-refractivity contribution is 6.46. The number of hydrogen-bond donors (Lipinski definition) is 1. The van der Waals surface area contributed by atoms with E-state index >= 15 is 0 Å². The highest BCUT2D eigenvalue weighted by Crippen LogP contribution is 2.44. The maximum absolute atomic E-state index is 13.3. The third-order valence-corrected chi connectivity index (χ3v) is 6.02. The Labute approximate surface area is 203 Å². The van der Waals surface area contributed by atoms with Crippen LogP contribution in [0.15, 0.2) is 66.5 Å². The normalized spacial score (nSPS) is 16.9. The van der Waals surface area contributed by atoms with Gasteiger partial charge >= 0.3 is 0 Å². The van der Waals surface area contributed by atoms with Crippen LogP contribution >= 0.6 is 0 Å². The van der Waals surface area contributed by atoms with Crippen LogP contribution in [0.4, 0.5) is 0 Å². The molecule has 4 rings (SSSR count). The summed E-state index contributed by atoms with van der Waals surface area (Å²) in [5.41, 5.74) is 2.45. The summed E-state index contributed by atoms with van der Waals surface area (Å²) in [6.07, 6.45) is 3.27. The van der Waals surface area contributed by atoms with Gasteiger partial charge in [0, 0.05) is 36.1 Å². The average Bonchev–Trinajstić information content (AvgIpc) is 3.13. The number of pyridine rings is 1. The van der Waals surface area contributed by atoms with Crippen molar-refractivity contribution in [3.63, 3.8) is 0 Å². The maximum Gasteiger partial charge on any atom is 0.295 e. The van der Waals surface area contributed by atoms with E-state index in [2.05, 4.69) is 4.98 Å². The lowest BCUT2D eigenvalue weighted by Crippen LogP contribution is -2.29. The summed E-state index contributed by atoms with van der Waals surface area (Å²) in [5.74, 6) is -0.145. The molecule has 2 heterocycles. The van der Waals surface area contributed by atoms with E-state index in [4.69, 9.17) is 14.2 Å². The van der Waals surface area contributed by atoms with Crippen molar-refractivity contribution in [3.05, 3.63) is 88.8 Å². The highest BCUT2D eigenvalue weighted by atomic mass is 16.5. The first-order valence-corrected chi connectivity index (χ1v) is 10.9. The number of nitrogens with zero attached hydrogens (tertiary/aromatic N) is 2. The number of ketones is 1. The second-order valence-corrected chi connectivity index (χ2v) is 8.08. The summed E-state index contributed by atoms with van der Waals surface area (Å²) in [6, 6.07) is 12.9. The maximum atomic E-state index is 13.3. The summed E-state index contributed by atoms with van der Waals surface area (Å²) in [7, 11) is 4.59. The Bertz CT molecular complexity index is 1300. The highest BCUT2D eigenvalue weighted by Gasteiger charge is 2.47. The largest absolute Gasteiger partial charge is 0.507 e. The predicted octanol–water partition coefficient (Wildman–Crippen LogP) is 4.04. The Morgan fingerprint density at radius 1 is 1.00 bits per heavy atom. The van der Waals surface area contributed by atoms with Gasteiger partial charge in [0.1, 0.15) is 23.0 Å². The summed E-state index contributed by atoms with van der Waals surface area (Å²) in [6.45, 7) is 1.96. The first kappa shape index (κ1) is 23.8. The molecule has 0 bridgehead atoms. The quantitative estimate of drug-likeness (QED) is 0.314. The van der Waals surface area contributed by atoms with Gasteiger partial charge < -0.3 is 24.2 Å². The molecule has 1 unspecified atom stereocenters. The van der Waals surface area contributed by atoms with Crippen LogP contribution in [-0.4, -0.2) is 48.0 Å². The molecule has 0 aliphatic carbocycles. The van der Waals surface area contributed by atoms with E-state index in [1.807, 2.05) is 13.0 Å². The van der Waals surface area contributed by atoms with Crippen LogP contribution < -0.4 is 14.2 Å². The molecule has 35 heavy (non-hydrogen) atoms. The predicted molar refractivity (Wildman–Crippen MR) is 129 cm³/mol. The molecule has 1 N–H and O–H groups in total. The van der Waals surface area contributed by atoms with E-state index in [0.717, 1.165) is 11.1 Å². The summed E-state index contributed by atoms with van der Waals surface area (Å²) >= 11 is 0. The molecule has 1 aliphatic rings. The van der Waals surface area contributed by atoms with Gasteiger partial charge in [-0.3, -0.25) is 14.6 Å². The number of methoxy groups -OCH3 is 3. The third-order valence-electron chi connectivity index (χ3n) is 6.02. The van der Waals surface area contributed by atoms with Crippen LogP contribution in [0.5, 0.6) is 17.2 Å². The summed E-state index contributed by atoms with van der Waals surface area (Å²) in [4.78, 5) is 32.1. The number of benzene rings is 2. The molecule has 1 saturated heterocycles. The zero-order valence-corrected chi connectivity index (χ0v) is 19.9. The third kappa shape index (κ3) is 4.42. The second-order valence-electron chi connectivity index (χ2n) is 8.08. The molecule has 1 aliphatic heterocycles. The van der Waals surface area contributed by atoms with E-state index in [1.165, 1.54) is 19.1 Å². The van der Waals surface area contributed by atoms with Crippen LogP contribution in [0.2, 0.25) is 0 Å². The van der Waals surface area contributed by atoms with Gasteiger partial charge in [0.05, 0.1) is 32.9 Å². The molecule has 1 atom stereocenters. The molecule has 8 heteroatoms. The first-order chi connectivity index (χ1) is 16.9. The molecular formula is C27H26N2O6. The zero-order chi connectivity index (χ0) is 25.1. The number of hydrogen-bond acceptors (Lipinski definition) is 7. The lowest BCUT2D eigenvalue weighted by molar-refractivity contribution is -0.140. The van der Waals surface area contributed by atoms with Crippen molar-refractivity contribution >= 4 is 17.4 Å². The molecule has 1 amide bonds. The number of likely N-dealkylation sites (tertiary alicyclic amines) is 1. The van der Waals surface area contributed by atoms with Gasteiger partial charge in [-0.1, -0.05) is 6.07 Å². The minimum absolute atomic E-state index is 0.0214. The summed E-state index contributed by atoms with van der Waals surface area (Å²) in [5, 5.41) is 11.3. The van der Waals surface area contributed by atoms with Crippen molar-refractivity contribution in [3.8, 4) is 17.2 Å². The molecule has 0 spiro atoms. The van der Waals surface area contributed by atoms with Gasteiger partial charge in [-0.2, -0.15) is 0 Å². The minimum Gasteiger partial charge on any atom is -0.507 e. The van der Waals surface area contributed by atoms with Crippen molar-refractivity contribution in [2.75, 3.05) is 21.3 Å². The molecule has 1 aromatic heterocycles. The standard InChI is InChI=1S/C27H26N2O6/c1-16-12-18(7-10-21(16)34-3)25(30)23-24(20-9-8-19(33-2)13-22(20)35-4)29(27(32)26(23)31)15-17-6-5-11-28-14-17/h5-14,24,30H,15H2,1-4H3. The Hall–Kier alpha value is -4.33.